The van der Waals surface area contributed by atoms with Crippen LogP contribution in [-0.2, 0) is 9.53 Å². The third-order valence-electron chi connectivity index (χ3n) is 4.63. The molecule has 1 amide bonds. The minimum atomic E-state index is -0.470. The van der Waals surface area contributed by atoms with Crippen LogP contribution in [0.5, 0.6) is 0 Å². The van der Waals surface area contributed by atoms with E-state index < -0.39 is 5.82 Å². The largest absolute Gasteiger partial charge is 0.381 e. The van der Waals surface area contributed by atoms with Crippen LogP contribution in [0.1, 0.15) is 19.8 Å². The first kappa shape index (κ1) is 16.1. The monoisotopic (exact) mass is 322 g/mol. The molecule has 2 aliphatic rings. The van der Waals surface area contributed by atoms with Gasteiger partial charge in [0.25, 0.3) is 0 Å². The average molecular weight is 322 g/mol. The lowest BCUT2D eigenvalue weighted by Crippen LogP contribution is -2.53. The van der Waals surface area contributed by atoms with Crippen molar-refractivity contribution in [3.63, 3.8) is 0 Å². The second kappa shape index (κ2) is 7.21. The van der Waals surface area contributed by atoms with E-state index in [1.54, 1.807) is 0 Å². The molecular weight excluding hydrogens is 299 g/mol. The Kier molecular flexibility index (Phi) is 5.05. The van der Waals surface area contributed by atoms with E-state index >= 15 is 0 Å². The van der Waals surface area contributed by atoms with E-state index in [2.05, 4.69) is 22.2 Å². The first-order valence-electron chi connectivity index (χ1n) is 8.21. The quantitative estimate of drug-likeness (QED) is 0.891. The second-order valence-corrected chi connectivity index (χ2v) is 6.51. The van der Waals surface area contributed by atoms with E-state index in [0.717, 1.165) is 38.3 Å². The first-order chi connectivity index (χ1) is 11.1. The van der Waals surface area contributed by atoms with E-state index in [9.17, 15) is 9.18 Å². The number of amides is 1. The Morgan fingerprint density at radius 3 is 2.65 bits per heavy atom. The number of nitrogens with zero attached hydrogens (tertiary/aromatic N) is 3. The smallest absolute Gasteiger partial charge is 0.227 e. The maximum atomic E-state index is 12.9. The minimum Gasteiger partial charge on any atom is -0.381 e. The van der Waals surface area contributed by atoms with Gasteiger partial charge in [0.15, 0.2) is 5.82 Å². The van der Waals surface area contributed by atoms with Gasteiger partial charge in [-0.2, -0.15) is 0 Å². The van der Waals surface area contributed by atoms with E-state index in [4.69, 9.17) is 4.74 Å². The molecule has 2 aliphatic heterocycles. The fourth-order valence-corrected chi connectivity index (χ4v) is 3.29. The number of anilines is 1. The summed E-state index contributed by atoms with van der Waals surface area (Å²) in [4.78, 5) is 22.5. The number of ether oxygens (including phenoxy) is 1. The molecule has 23 heavy (non-hydrogen) atoms. The molecular formula is C16H23FN4O2. The molecule has 2 saturated heterocycles. The van der Waals surface area contributed by atoms with Crippen molar-refractivity contribution in [2.24, 2.45) is 17.8 Å². The highest BCUT2D eigenvalue weighted by molar-refractivity contribution is 5.80. The zero-order valence-electron chi connectivity index (χ0n) is 13.4. The molecule has 0 bridgehead atoms. The Bertz CT molecular complexity index is 527. The van der Waals surface area contributed by atoms with Crippen molar-refractivity contribution in [1.82, 2.24) is 14.9 Å². The standard InChI is InChI=1S/C16H23FN4O2/c1-11-9-21(10-11)15(22)14(12-2-4-23-5-3-12)8-20-16-18-6-13(17)7-19-16/h6-7,11-12,14H,2-5,8-10H2,1H3,(H,18,19,20). The zero-order valence-corrected chi connectivity index (χ0v) is 13.4. The van der Waals surface area contributed by atoms with Crippen LogP contribution in [0.2, 0.25) is 0 Å². The zero-order chi connectivity index (χ0) is 16.2. The molecule has 0 spiro atoms. The highest BCUT2D eigenvalue weighted by atomic mass is 19.1. The van der Waals surface area contributed by atoms with Crippen LogP contribution in [0.25, 0.3) is 0 Å². The van der Waals surface area contributed by atoms with Gasteiger partial charge in [-0.3, -0.25) is 4.79 Å². The lowest BCUT2D eigenvalue weighted by molar-refractivity contribution is -0.144. The molecule has 1 N–H and O–H groups in total. The fraction of sp³-hybridized carbons (Fsp3) is 0.688. The van der Waals surface area contributed by atoms with Crippen molar-refractivity contribution in [3.8, 4) is 0 Å². The Hall–Kier alpha value is -1.76. The summed E-state index contributed by atoms with van der Waals surface area (Å²) < 4.78 is 18.3. The van der Waals surface area contributed by atoms with Gasteiger partial charge in [0, 0.05) is 32.8 Å². The highest BCUT2D eigenvalue weighted by Gasteiger charge is 2.36. The molecule has 2 fully saturated rings. The lowest BCUT2D eigenvalue weighted by Gasteiger charge is -2.41. The van der Waals surface area contributed by atoms with Gasteiger partial charge in [-0.05, 0) is 24.7 Å². The summed E-state index contributed by atoms with van der Waals surface area (Å²) in [6, 6.07) is 0. The van der Waals surface area contributed by atoms with Gasteiger partial charge >= 0.3 is 0 Å². The molecule has 0 aromatic carbocycles. The van der Waals surface area contributed by atoms with Crippen LogP contribution < -0.4 is 5.32 Å². The number of hydrogen-bond acceptors (Lipinski definition) is 5. The predicted octanol–water partition coefficient (Wildman–Crippen LogP) is 1.55. The Balaban J connectivity index is 1.64. The highest BCUT2D eigenvalue weighted by Crippen LogP contribution is 2.28. The third kappa shape index (κ3) is 3.96. The van der Waals surface area contributed by atoms with Crippen LogP contribution in [0.4, 0.5) is 10.3 Å². The van der Waals surface area contributed by atoms with Crippen molar-refractivity contribution >= 4 is 11.9 Å². The van der Waals surface area contributed by atoms with Gasteiger partial charge < -0.3 is 15.0 Å². The van der Waals surface area contributed by atoms with E-state index in [1.165, 1.54) is 0 Å². The summed E-state index contributed by atoms with van der Waals surface area (Å²) in [6.07, 6.45) is 4.03. The molecule has 126 valence electrons. The van der Waals surface area contributed by atoms with Gasteiger partial charge in [-0.25, -0.2) is 14.4 Å². The summed E-state index contributed by atoms with van der Waals surface area (Å²) in [7, 11) is 0. The van der Waals surface area contributed by atoms with Crippen molar-refractivity contribution in [2.45, 2.75) is 19.8 Å². The summed E-state index contributed by atoms with van der Waals surface area (Å²) in [5.41, 5.74) is 0. The van der Waals surface area contributed by atoms with E-state index in [-0.39, 0.29) is 11.8 Å². The minimum absolute atomic E-state index is 0.111. The molecule has 1 unspecified atom stereocenters. The summed E-state index contributed by atoms with van der Waals surface area (Å²) >= 11 is 0. The summed E-state index contributed by atoms with van der Waals surface area (Å²) in [5, 5.41) is 3.09. The Morgan fingerprint density at radius 1 is 1.39 bits per heavy atom. The van der Waals surface area contributed by atoms with Gasteiger partial charge in [0.1, 0.15) is 0 Å². The number of rotatable bonds is 5. The van der Waals surface area contributed by atoms with Crippen molar-refractivity contribution in [2.75, 3.05) is 38.2 Å². The number of aromatic nitrogens is 2. The normalized spacial score (nSPS) is 20.9. The van der Waals surface area contributed by atoms with E-state index in [1.807, 2.05) is 4.90 Å². The second-order valence-electron chi connectivity index (χ2n) is 6.51. The predicted molar refractivity (Wildman–Crippen MR) is 83.3 cm³/mol. The van der Waals surface area contributed by atoms with E-state index in [0.29, 0.717) is 37.5 Å². The van der Waals surface area contributed by atoms with Crippen molar-refractivity contribution < 1.29 is 13.9 Å². The molecule has 0 aliphatic carbocycles. The van der Waals surface area contributed by atoms with Crippen LogP contribution in [-0.4, -0.2) is 53.6 Å². The number of halogens is 1. The number of carbonyl (C=O) groups is 1. The van der Waals surface area contributed by atoms with Crippen molar-refractivity contribution in [3.05, 3.63) is 18.2 Å². The molecule has 7 heteroatoms. The van der Waals surface area contributed by atoms with Gasteiger partial charge in [-0.15, -0.1) is 0 Å². The Labute approximate surface area is 135 Å². The molecule has 1 atom stereocenters. The van der Waals surface area contributed by atoms with Crippen LogP contribution in [0, 0.1) is 23.6 Å². The molecule has 1 aromatic heterocycles. The third-order valence-corrected chi connectivity index (χ3v) is 4.63. The van der Waals surface area contributed by atoms with Crippen molar-refractivity contribution in [1.29, 1.82) is 0 Å². The average Bonchev–Trinajstić information content (AvgIpc) is 2.54. The molecule has 6 nitrogen and oxygen atoms in total. The number of nitrogens with one attached hydrogen (secondary N) is 1. The summed E-state index contributed by atoms with van der Waals surface area (Å²) in [6.45, 7) is 5.71. The van der Waals surface area contributed by atoms with Gasteiger partial charge in [-0.1, -0.05) is 6.92 Å². The number of carbonyl (C=O) groups excluding carboxylic acids is 1. The maximum absolute atomic E-state index is 12.9. The van der Waals surface area contributed by atoms with Crippen LogP contribution in [0.15, 0.2) is 12.4 Å². The van der Waals surface area contributed by atoms with Gasteiger partial charge in [0.2, 0.25) is 11.9 Å². The molecule has 3 rings (SSSR count). The number of hydrogen-bond donors (Lipinski definition) is 1. The molecule has 1 aromatic rings. The SMILES string of the molecule is CC1CN(C(=O)C(CNc2ncc(F)cn2)C2CCOCC2)C1. The topological polar surface area (TPSA) is 67.4 Å². The maximum Gasteiger partial charge on any atom is 0.227 e. The first-order valence-corrected chi connectivity index (χ1v) is 8.21. The van der Waals surface area contributed by atoms with Gasteiger partial charge in [0.05, 0.1) is 18.3 Å². The lowest BCUT2D eigenvalue weighted by atomic mass is 9.83. The molecule has 0 saturated carbocycles. The molecule has 3 heterocycles. The fourth-order valence-electron chi connectivity index (χ4n) is 3.29. The molecule has 0 radical (unpaired) electrons. The summed E-state index contributed by atoms with van der Waals surface area (Å²) in [5.74, 6) is 0.864. The number of likely N-dealkylation sites (tertiary alicyclic amines) is 1. The van der Waals surface area contributed by atoms with Crippen LogP contribution >= 0.6 is 0 Å². The Morgan fingerprint density at radius 2 is 2.04 bits per heavy atom. The van der Waals surface area contributed by atoms with Crippen LogP contribution in [0.3, 0.4) is 0 Å².